The van der Waals surface area contributed by atoms with Crippen molar-refractivity contribution in [3.8, 4) is 0 Å². The van der Waals surface area contributed by atoms with E-state index in [1.165, 1.54) is 12.1 Å². The largest absolute Gasteiger partial charge is 0.391 e. The van der Waals surface area contributed by atoms with Crippen molar-refractivity contribution in [3.63, 3.8) is 0 Å². The second-order valence-electron chi connectivity index (χ2n) is 4.11. The molecule has 16 heavy (non-hydrogen) atoms. The summed E-state index contributed by atoms with van der Waals surface area (Å²) in [5.41, 5.74) is 1.44. The number of aliphatic hydroxyl groups is 1. The lowest BCUT2D eigenvalue weighted by Gasteiger charge is -2.12. The zero-order chi connectivity index (χ0) is 11.1. The van der Waals surface area contributed by atoms with Crippen molar-refractivity contribution in [2.24, 2.45) is 0 Å². The third-order valence-electron chi connectivity index (χ3n) is 2.89. The zero-order valence-corrected chi connectivity index (χ0v) is 8.65. The molecule has 1 aliphatic rings. The molecule has 2 aromatic rings. The molecule has 1 fully saturated rings. The maximum absolute atomic E-state index is 13.0. The quantitative estimate of drug-likeness (QED) is 0.762. The van der Waals surface area contributed by atoms with Crippen molar-refractivity contribution in [2.75, 3.05) is 18.0 Å². The highest BCUT2D eigenvalue weighted by Gasteiger charge is 2.22. The third-order valence-corrected chi connectivity index (χ3v) is 2.89. The van der Waals surface area contributed by atoms with E-state index >= 15 is 0 Å². The van der Waals surface area contributed by atoms with Gasteiger partial charge in [-0.1, -0.05) is 0 Å². The first-order valence-electron chi connectivity index (χ1n) is 5.30. The van der Waals surface area contributed by atoms with Gasteiger partial charge in [0.15, 0.2) is 0 Å². The summed E-state index contributed by atoms with van der Waals surface area (Å²) >= 11 is 0. The number of aromatic amines is 1. The number of hydrogen-bond donors (Lipinski definition) is 2. The molecule has 0 radical (unpaired) electrons. The number of halogens is 1. The van der Waals surface area contributed by atoms with E-state index < -0.39 is 0 Å². The van der Waals surface area contributed by atoms with Crippen LogP contribution in [0.15, 0.2) is 18.2 Å². The van der Waals surface area contributed by atoms with Crippen molar-refractivity contribution < 1.29 is 9.50 Å². The minimum atomic E-state index is -0.287. The molecular formula is C11H12FN3O. The van der Waals surface area contributed by atoms with Gasteiger partial charge in [-0.25, -0.2) is 9.37 Å². The number of H-pyrrole nitrogens is 1. The smallest absolute Gasteiger partial charge is 0.203 e. The van der Waals surface area contributed by atoms with Crippen molar-refractivity contribution in [1.29, 1.82) is 0 Å². The Kier molecular flexibility index (Phi) is 2.07. The second-order valence-corrected chi connectivity index (χ2v) is 4.11. The number of β-amino-alcohol motifs (C(OH)–C–C–N with tert-alkyl or cyclic N) is 1. The van der Waals surface area contributed by atoms with Gasteiger partial charge in [0.05, 0.1) is 17.1 Å². The van der Waals surface area contributed by atoms with Crippen molar-refractivity contribution in [3.05, 3.63) is 24.0 Å². The molecule has 1 atom stereocenters. The molecule has 1 aromatic carbocycles. The van der Waals surface area contributed by atoms with Crippen molar-refractivity contribution >= 4 is 17.0 Å². The SMILES string of the molecule is O[C@H]1CCN(c2nc3ccc(F)cc3[nH]2)C1. The molecular weight excluding hydrogens is 209 g/mol. The highest BCUT2D eigenvalue weighted by atomic mass is 19.1. The first-order chi connectivity index (χ1) is 7.72. The Bertz CT molecular complexity index is 525. The first kappa shape index (κ1) is 9.59. The number of aliphatic hydroxyl groups excluding tert-OH is 1. The molecule has 0 spiro atoms. The Morgan fingerprint density at radius 1 is 1.50 bits per heavy atom. The number of hydrogen-bond acceptors (Lipinski definition) is 3. The fraction of sp³-hybridized carbons (Fsp3) is 0.364. The lowest BCUT2D eigenvalue weighted by atomic mass is 10.3. The molecule has 5 heteroatoms. The summed E-state index contributed by atoms with van der Waals surface area (Å²) in [6.45, 7) is 1.37. The fourth-order valence-corrected chi connectivity index (χ4v) is 2.05. The maximum atomic E-state index is 13.0. The standard InChI is InChI=1S/C11H12FN3O/c12-7-1-2-9-10(5-7)14-11(13-9)15-4-3-8(16)6-15/h1-2,5,8,16H,3-4,6H2,(H,13,14)/t8-/m0/s1. The first-order valence-corrected chi connectivity index (χ1v) is 5.30. The van der Waals surface area contributed by atoms with Crippen LogP contribution in [0.4, 0.5) is 10.3 Å². The van der Waals surface area contributed by atoms with Gasteiger partial charge >= 0.3 is 0 Å². The van der Waals surface area contributed by atoms with E-state index in [1.54, 1.807) is 6.07 Å². The average Bonchev–Trinajstić information content (AvgIpc) is 2.83. The molecule has 1 aromatic heterocycles. The number of rotatable bonds is 1. The van der Waals surface area contributed by atoms with Gasteiger partial charge in [-0.2, -0.15) is 0 Å². The summed E-state index contributed by atoms with van der Waals surface area (Å²) in [6.07, 6.45) is 0.468. The zero-order valence-electron chi connectivity index (χ0n) is 8.65. The van der Waals surface area contributed by atoms with Gasteiger partial charge in [0.25, 0.3) is 0 Å². The van der Waals surface area contributed by atoms with E-state index in [1.807, 2.05) is 4.90 Å². The van der Waals surface area contributed by atoms with Crippen LogP contribution in [0.1, 0.15) is 6.42 Å². The normalized spacial score (nSPS) is 20.9. The molecule has 0 bridgehead atoms. The van der Waals surface area contributed by atoms with Gasteiger partial charge in [-0.15, -0.1) is 0 Å². The lowest BCUT2D eigenvalue weighted by molar-refractivity contribution is 0.198. The van der Waals surface area contributed by atoms with Crippen LogP contribution in [0.25, 0.3) is 11.0 Å². The molecule has 3 rings (SSSR count). The second kappa shape index (κ2) is 3.45. The number of imidazole rings is 1. The number of aromatic nitrogens is 2. The predicted molar refractivity (Wildman–Crippen MR) is 58.9 cm³/mol. The summed E-state index contributed by atoms with van der Waals surface area (Å²) in [6, 6.07) is 4.47. The topological polar surface area (TPSA) is 52.1 Å². The van der Waals surface area contributed by atoms with Gasteiger partial charge in [0.1, 0.15) is 5.82 Å². The van der Waals surface area contributed by atoms with Crippen molar-refractivity contribution in [1.82, 2.24) is 9.97 Å². The van der Waals surface area contributed by atoms with Crippen LogP contribution < -0.4 is 4.90 Å². The molecule has 1 saturated heterocycles. The fourth-order valence-electron chi connectivity index (χ4n) is 2.05. The van der Waals surface area contributed by atoms with Gasteiger partial charge in [0.2, 0.25) is 5.95 Å². The van der Waals surface area contributed by atoms with Crippen LogP contribution in [-0.2, 0) is 0 Å². The van der Waals surface area contributed by atoms with Gasteiger partial charge in [-0.05, 0) is 24.6 Å². The van der Waals surface area contributed by atoms with E-state index in [0.29, 0.717) is 18.0 Å². The minimum absolute atomic E-state index is 0.274. The van der Waals surface area contributed by atoms with Crippen LogP contribution in [-0.4, -0.2) is 34.3 Å². The number of fused-ring (bicyclic) bond motifs is 1. The van der Waals surface area contributed by atoms with E-state index in [-0.39, 0.29) is 11.9 Å². The molecule has 0 aliphatic carbocycles. The van der Waals surface area contributed by atoms with Crippen molar-refractivity contribution in [2.45, 2.75) is 12.5 Å². The Morgan fingerprint density at radius 2 is 2.38 bits per heavy atom. The predicted octanol–water partition coefficient (Wildman–Crippen LogP) is 1.27. The average molecular weight is 221 g/mol. The molecule has 0 saturated carbocycles. The Labute approximate surface area is 91.7 Å². The number of anilines is 1. The van der Waals surface area contributed by atoms with Crippen LogP contribution in [0.5, 0.6) is 0 Å². The monoisotopic (exact) mass is 221 g/mol. The number of nitrogens with zero attached hydrogens (tertiary/aromatic N) is 2. The van der Waals surface area contributed by atoms with E-state index in [9.17, 15) is 9.50 Å². The highest BCUT2D eigenvalue weighted by molar-refractivity contribution is 5.77. The summed E-state index contributed by atoms with van der Waals surface area (Å²) in [7, 11) is 0. The molecule has 0 amide bonds. The molecule has 84 valence electrons. The van der Waals surface area contributed by atoms with Crippen LogP contribution in [0, 0.1) is 5.82 Å². The summed E-state index contributed by atoms with van der Waals surface area (Å²) < 4.78 is 13.0. The van der Waals surface area contributed by atoms with Crippen LogP contribution >= 0.6 is 0 Å². The minimum Gasteiger partial charge on any atom is -0.391 e. The number of nitrogens with one attached hydrogen (secondary N) is 1. The third kappa shape index (κ3) is 1.53. The summed E-state index contributed by atoms with van der Waals surface area (Å²) in [5.74, 6) is 0.432. The summed E-state index contributed by atoms with van der Waals surface area (Å²) in [5, 5.41) is 9.44. The number of benzene rings is 1. The maximum Gasteiger partial charge on any atom is 0.203 e. The van der Waals surface area contributed by atoms with E-state index in [4.69, 9.17) is 0 Å². The van der Waals surface area contributed by atoms with Crippen LogP contribution in [0.3, 0.4) is 0 Å². The molecule has 4 nitrogen and oxygen atoms in total. The molecule has 0 unspecified atom stereocenters. The van der Waals surface area contributed by atoms with Crippen LogP contribution in [0.2, 0.25) is 0 Å². The lowest BCUT2D eigenvalue weighted by Crippen LogP contribution is -2.22. The van der Waals surface area contributed by atoms with E-state index in [2.05, 4.69) is 9.97 Å². The Hall–Kier alpha value is -1.62. The van der Waals surface area contributed by atoms with Gasteiger partial charge < -0.3 is 15.0 Å². The Balaban J connectivity index is 1.99. The highest BCUT2D eigenvalue weighted by Crippen LogP contribution is 2.21. The molecule has 2 heterocycles. The molecule has 1 aliphatic heterocycles. The Morgan fingerprint density at radius 3 is 3.12 bits per heavy atom. The molecule has 2 N–H and O–H groups in total. The van der Waals surface area contributed by atoms with E-state index in [0.717, 1.165) is 18.5 Å². The van der Waals surface area contributed by atoms with Gasteiger partial charge in [-0.3, -0.25) is 0 Å². The van der Waals surface area contributed by atoms with Gasteiger partial charge in [0, 0.05) is 13.1 Å². The summed E-state index contributed by atoms with van der Waals surface area (Å²) in [4.78, 5) is 9.40.